The van der Waals surface area contributed by atoms with Gasteiger partial charge in [0.15, 0.2) is 0 Å². The van der Waals surface area contributed by atoms with Gasteiger partial charge in [-0.15, -0.1) is 0 Å². The smallest absolute Gasteiger partial charge is 0.319 e. The number of aromatic nitrogens is 2. The zero-order valence-corrected chi connectivity index (χ0v) is 17.2. The maximum absolute atomic E-state index is 14.7. The van der Waals surface area contributed by atoms with Crippen molar-refractivity contribution in [2.75, 3.05) is 11.9 Å². The summed E-state index contributed by atoms with van der Waals surface area (Å²) in [6.07, 6.45) is 1.66. The Bertz CT molecular complexity index is 1150. The second-order valence-corrected chi connectivity index (χ2v) is 7.39. The standard InChI is InChI=1S/C22H25FN4O2/c1-6-24-22(29)27-18-8-15-14(11(2)3)7-19(26-17(15)9-16(18)23)20-12(4)10-25-21(28)13(20)5/h7-11H,6H2,1-5H3,(H,25,28)(H2,24,27,29). The molecule has 0 unspecified atom stereocenters. The molecule has 0 aliphatic rings. The first-order valence-corrected chi connectivity index (χ1v) is 9.61. The predicted octanol–water partition coefficient (Wildman–Crippen LogP) is 4.61. The molecular weight excluding hydrogens is 371 g/mol. The minimum atomic E-state index is -0.567. The normalized spacial score (nSPS) is 11.1. The molecule has 0 spiro atoms. The number of hydrogen-bond donors (Lipinski definition) is 3. The number of aryl methyl sites for hydroxylation is 1. The van der Waals surface area contributed by atoms with Crippen molar-refractivity contribution < 1.29 is 9.18 Å². The van der Waals surface area contributed by atoms with Crippen LogP contribution in [0, 0.1) is 19.7 Å². The zero-order valence-electron chi connectivity index (χ0n) is 17.2. The zero-order chi connectivity index (χ0) is 21.3. The van der Waals surface area contributed by atoms with E-state index in [4.69, 9.17) is 0 Å². The van der Waals surface area contributed by atoms with Crippen molar-refractivity contribution in [2.24, 2.45) is 0 Å². The molecule has 7 heteroatoms. The number of carbonyl (C=O) groups is 1. The van der Waals surface area contributed by atoms with Crippen LogP contribution in [0.15, 0.2) is 29.2 Å². The number of nitrogens with zero attached hydrogens (tertiary/aromatic N) is 1. The molecule has 0 saturated heterocycles. The van der Waals surface area contributed by atoms with E-state index in [9.17, 15) is 14.0 Å². The van der Waals surface area contributed by atoms with Crippen molar-refractivity contribution in [1.29, 1.82) is 0 Å². The van der Waals surface area contributed by atoms with Crippen molar-refractivity contribution in [3.8, 4) is 11.3 Å². The van der Waals surface area contributed by atoms with Gasteiger partial charge in [-0.25, -0.2) is 14.2 Å². The van der Waals surface area contributed by atoms with Gasteiger partial charge in [0, 0.05) is 35.3 Å². The molecule has 3 rings (SSSR count). The second kappa shape index (κ2) is 8.03. The first-order chi connectivity index (χ1) is 13.7. The molecule has 0 bridgehead atoms. The molecule has 152 valence electrons. The molecule has 0 aliphatic heterocycles. The van der Waals surface area contributed by atoms with Crippen LogP contribution in [0.25, 0.3) is 22.2 Å². The van der Waals surface area contributed by atoms with E-state index in [-0.39, 0.29) is 17.2 Å². The van der Waals surface area contributed by atoms with Crippen LogP contribution in [0.4, 0.5) is 14.9 Å². The highest BCUT2D eigenvalue weighted by Gasteiger charge is 2.17. The number of urea groups is 1. The summed E-state index contributed by atoms with van der Waals surface area (Å²) >= 11 is 0. The molecule has 29 heavy (non-hydrogen) atoms. The number of anilines is 1. The Kier molecular flexibility index (Phi) is 5.68. The van der Waals surface area contributed by atoms with E-state index in [1.54, 1.807) is 26.1 Å². The molecule has 0 saturated carbocycles. The number of H-pyrrole nitrogens is 1. The Labute approximate surface area is 168 Å². The van der Waals surface area contributed by atoms with Crippen LogP contribution >= 0.6 is 0 Å². The number of hydrogen-bond acceptors (Lipinski definition) is 3. The van der Waals surface area contributed by atoms with Gasteiger partial charge in [0.25, 0.3) is 5.56 Å². The number of halogens is 1. The number of fused-ring (bicyclic) bond motifs is 1. The van der Waals surface area contributed by atoms with Crippen LogP contribution in [0.1, 0.15) is 43.4 Å². The first-order valence-electron chi connectivity index (χ1n) is 9.61. The lowest BCUT2D eigenvalue weighted by atomic mass is 9.94. The molecule has 0 fully saturated rings. The van der Waals surface area contributed by atoms with Crippen LogP contribution in [0.2, 0.25) is 0 Å². The second-order valence-electron chi connectivity index (χ2n) is 7.39. The van der Waals surface area contributed by atoms with Crippen molar-refractivity contribution >= 4 is 22.6 Å². The Morgan fingerprint density at radius 3 is 2.62 bits per heavy atom. The predicted molar refractivity (Wildman–Crippen MR) is 114 cm³/mol. The molecule has 0 aliphatic carbocycles. The first kappa shape index (κ1) is 20.5. The summed E-state index contributed by atoms with van der Waals surface area (Å²) in [4.78, 5) is 31.3. The van der Waals surface area contributed by atoms with E-state index in [0.717, 1.165) is 22.1 Å². The lowest BCUT2D eigenvalue weighted by Crippen LogP contribution is -2.28. The van der Waals surface area contributed by atoms with E-state index < -0.39 is 11.8 Å². The summed E-state index contributed by atoms with van der Waals surface area (Å²) in [6.45, 7) is 9.96. The molecular formula is C22H25FN4O2. The van der Waals surface area contributed by atoms with E-state index >= 15 is 0 Å². The number of nitrogens with one attached hydrogen (secondary N) is 3. The number of aromatic amines is 1. The highest BCUT2D eigenvalue weighted by molar-refractivity contribution is 5.94. The summed E-state index contributed by atoms with van der Waals surface area (Å²) < 4.78 is 14.7. The molecule has 3 N–H and O–H groups in total. The lowest BCUT2D eigenvalue weighted by Gasteiger charge is -2.16. The number of amides is 2. The molecule has 2 aromatic heterocycles. The van der Waals surface area contributed by atoms with Crippen LogP contribution in [0.5, 0.6) is 0 Å². The molecule has 2 heterocycles. The van der Waals surface area contributed by atoms with Crippen molar-refractivity contribution in [3.63, 3.8) is 0 Å². The number of carbonyl (C=O) groups excluding carboxylic acids is 1. The van der Waals surface area contributed by atoms with Crippen LogP contribution < -0.4 is 16.2 Å². The van der Waals surface area contributed by atoms with Gasteiger partial charge >= 0.3 is 6.03 Å². The Morgan fingerprint density at radius 1 is 1.24 bits per heavy atom. The van der Waals surface area contributed by atoms with Crippen molar-refractivity contribution in [3.05, 3.63) is 57.3 Å². The number of benzene rings is 1. The average molecular weight is 396 g/mol. The third-order valence-corrected chi connectivity index (χ3v) is 4.92. The molecule has 3 aromatic rings. The quantitative estimate of drug-likeness (QED) is 0.602. The Hall–Kier alpha value is -3.22. The Morgan fingerprint density at radius 2 is 1.97 bits per heavy atom. The minimum absolute atomic E-state index is 0.100. The fourth-order valence-electron chi connectivity index (χ4n) is 3.46. The summed E-state index contributed by atoms with van der Waals surface area (Å²) in [5.74, 6) is -0.438. The van der Waals surface area contributed by atoms with Gasteiger partial charge in [0.2, 0.25) is 0 Å². The molecule has 0 radical (unpaired) electrons. The van der Waals surface area contributed by atoms with Gasteiger partial charge in [-0.3, -0.25) is 4.79 Å². The summed E-state index contributed by atoms with van der Waals surface area (Å²) in [5, 5.41) is 5.89. The molecule has 6 nitrogen and oxygen atoms in total. The summed E-state index contributed by atoms with van der Waals surface area (Å²) in [7, 11) is 0. The minimum Gasteiger partial charge on any atom is -0.338 e. The van der Waals surface area contributed by atoms with Crippen LogP contribution in [0.3, 0.4) is 0 Å². The highest BCUT2D eigenvalue weighted by atomic mass is 19.1. The van der Waals surface area contributed by atoms with Gasteiger partial charge in [-0.05, 0) is 49.9 Å². The molecule has 2 amide bonds. The van der Waals surface area contributed by atoms with Gasteiger partial charge in [0.1, 0.15) is 5.82 Å². The van der Waals surface area contributed by atoms with Gasteiger partial charge in [-0.2, -0.15) is 0 Å². The van der Waals surface area contributed by atoms with E-state index in [1.807, 2.05) is 26.8 Å². The van der Waals surface area contributed by atoms with Crippen LogP contribution in [-0.2, 0) is 0 Å². The topological polar surface area (TPSA) is 86.9 Å². The van der Waals surface area contributed by atoms with Gasteiger partial charge in [-0.1, -0.05) is 13.8 Å². The Balaban J connectivity index is 2.24. The molecule has 1 aromatic carbocycles. The van der Waals surface area contributed by atoms with Crippen molar-refractivity contribution in [1.82, 2.24) is 15.3 Å². The SMILES string of the molecule is CCNC(=O)Nc1cc2c(C(C)C)cc(-c3c(C)c[nH]c(=O)c3C)nc2cc1F. The van der Waals surface area contributed by atoms with E-state index in [1.165, 1.54) is 6.07 Å². The maximum atomic E-state index is 14.7. The van der Waals surface area contributed by atoms with E-state index in [0.29, 0.717) is 23.3 Å². The maximum Gasteiger partial charge on any atom is 0.319 e. The number of rotatable bonds is 4. The monoisotopic (exact) mass is 396 g/mol. The van der Waals surface area contributed by atoms with Crippen LogP contribution in [-0.4, -0.2) is 22.5 Å². The van der Waals surface area contributed by atoms with Crippen molar-refractivity contribution in [2.45, 2.75) is 40.5 Å². The lowest BCUT2D eigenvalue weighted by molar-refractivity contribution is 0.252. The fraction of sp³-hybridized carbons (Fsp3) is 0.318. The summed E-state index contributed by atoms with van der Waals surface area (Å²) in [5.41, 5.74) is 4.20. The fourth-order valence-corrected chi connectivity index (χ4v) is 3.46. The van der Waals surface area contributed by atoms with Gasteiger partial charge < -0.3 is 15.6 Å². The summed E-state index contributed by atoms with van der Waals surface area (Å²) in [6, 6.07) is 4.42. The van der Waals surface area contributed by atoms with Gasteiger partial charge in [0.05, 0.1) is 16.9 Å². The third kappa shape index (κ3) is 3.99. The molecule has 0 atom stereocenters. The van der Waals surface area contributed by atoms with E-state index in [2.05, 4.69) is 20.6 Å². The average Bonchev–Trinajstić information content (AvgIpc) is 2.65. The number of pyridine rings is 2. The third-order valence-electron chi connectivity index (χ3n) is 4.92. The largest absolute Gasteiger partial charge is 0.338 e. The highest BCUT2D eigenvalue weighted by Crippen LogP contribution is 2.33.